The maximum Gasteiger partial charge on any atom is 0.0669 e. The standard InChI is InChI=1S/C12H22N2/c1-2-3-4-5-8-14-9-6-7-12(10-13)11-14/h12H,2-9,11H2,1H3. The molecular weight excluding hydrogens is 172 g/mol. The Bertz CT molecular complexity index is 183. The van der Waals surface area contributed by atoms with E-state index in [1.54, 1.807) is 0 Å². The molecule has 2 nitrogen and oxygen atoms in total. The fraction of sp³-hybridized carbons (Fsp3) is 0.917. The summed E-state index contributed by atoms with van der Waals surface area (Å²) in [6.07, 6.45) is 7.65. The van der Waals surface area contributed by atoms with E-state index >= 15 is 0 Å². The predicted molar refractivity (Wildman–Crippen MR) is 58.9 cm³/mol. The average molecular weight is 194 g/mol. The zero-order valence-electron chi connectivity index (χ0n) is 9.34. The molecule has 0 aromatic heterocycles. The van der Waals surface area contributed by atoms with Gasteiger partial charge in [0.2, 0.25) is 0 Å². The Hall–Kier alpha value is -0.550. The van der Waals surface area contributed by atoms with Gasteiger partial charge >= 0.3 is 0 Å². The molecule has 0 bridgehead atoms. The average Bonchev–Trinajstić information content (AvgIpc) is 2.25. The highest BCUT2D eigenvalue weighted by Crippen LogP contribution is 2.16. The van der Waals surface area contributed by atoms with Crippen molar-refractivity contribution in [2.24, 2.45) is 5.92 Å². The zero-order valence-corrected chi connectivity index (χ0v) is 9.34. The van der Waals surface area contributed by atoms with Crippen LogP contribution in [0, 0.1) is 17.2 Å². The van der Waals surface area contributed by atoms with Crippen LogP contribution in [0.1, 0.15) is 45.4 Å². The van der Waals surface area contributed by atoms with Gasteiger partial charge in [-0.15, -0.1) is 0 Å². The third-order valence-electron chi connectivity index (χ3n) is 3.02. The van der Waals surface area contributed by atoms with E-state index in [4.69, 9.17) is 5.26 Å². The van der Waals surface area contributed by atoms with Gasteiger partial charge in [-0.3, -0.25) is 0 Å². The van der Waals surface area contributed by atoms with E-state index < -0.39 is 0 Å². The second-order valence-electron chi connectivity index (χ2n) is 4.33. The number of nitriles is 1. The summed E-state index contributed by atoms with van der Waals surface area (Å²) in [5, 5.41) is 8.84. The maximum atomic E-state index is 8.84. The van der Waals surface area contributed by atoms with Gasteiger partial charge in [-0.25, -0.2) is 0 Å². The number of likely N-dealkylation sites (tertiary alicyclic amines) is 1. The normalized spacial score (nSPS) is 23.3. The van der Waals surface area contributed by atoms with Gasteiger partial charge in [-0.1, -0.05) is 26.2 Å². The Balaban J connectivity index is 2.09. The van der Waals surface area contributed by atoms with Gasteiger partial charge in [0, 0.05) is 6.54 Å². The smallest absolute Gasteiger partial charge is 0.0669 e. The Morgan fingerprint density at radius 2 is 2.21 bits per heavy atom. The topological polar surface area (TPSA) is 27.0 Å². The molecule has 0 N–H and O–H groups in total. The summed E-state index contributed by atoms with van der Waals surface area (Å²) in [7, 11) is 0. The van der Waals surface area contributed by atoms with Gasteiger partial charge in [0.05, 0.1) is 12.0 Å². The van der Waals surface area contributed by atoms with Gasteiger partial charge in [-0.2, -0.15) is 5.26 Å². The lowest BCUT2D eigenvalue weighted by molar-refractivity contribution is 0.196. The first-order valence-electron chi connectivity index (χ1n) is 5.98. The van der Waals surface area contributed by atoms with Crippen LogP contribution in [-0.4, -0.2) is 24.5 Å². The summed E-state index contributed by atoms with van der Waals surface area (Å²) in [5.41, 5.74) is 0. The minimum atomic E-state index is 0.301. The van der Waals surface area contributed by atoms with Gasteiger partial charge in [0.15, 0.2) is 0 Å². The summed E-state index contributed by atoms with van der Waals surface area (Å²) < 4.78 is 0. The largest absolute Gasteiger partial charge is 0.302 e. The molecule has 1 heterocycles. The van der Waals surface area contributed by atoms with Crippen molar-refractivity contribution in [2.45, 2.75) is 45.4 Å². The molecule has 1 fully saturated rings. The van der Waals surface area contributed by atoms with E-state index in [0.717, 1.165) is 13.0 Å². The van der Waals surface area contributed by atoms with Gasteiger partial charge in [-0.05, 0) is 32.4 Å². The van der Waals surface area contributed by atoms with Crippen LogP contribution in [-0.2, 0) is 0 Å². The first-order valence-corrected chi connectivity index (χ1v) is 5.98. The molecule has 0 aromatic rings. The van der Waals surface area contributed by atoms with Crippen molar-refractivity contribution in [3.05, 3.63) is 0 Å². The number of nitrogens with zero attached hydrogens (tertiary/aromatic N) is 2. The molecule has 1 saturated heterocycles. The van der Waals surface area contributed by atoms with Crippen molar-refractivity contribution in [2.75, 3.05) is 19.6 Å². The summed E-state index contributed by atoms with van der Waals surface area (Å²) in [6.45, 7) is 5.68. The van der Waals surface area contributed by atoms with Crippen LogP contribution in [0.4, 0.5) is 0 Å². The minimum absolute atomic E-state index is 0.301. The molecule has 0 aliphatic carbocycles. The van der Waals surface area contributed by atoms with Gasteiger partial charge in [0.25, 0.3) is 0 Å². The molecule has 1 aliphatic heterocycles. The van der Waals surface area contributed by atoms with Crippen molar-refractivity contribution >= 4 is 0 Å². The second-order valence-corrected chi connectivity index (χ2v) is 4.33. The van der Waals surface area contributed by atoms with E-state index in [-0.39, 0.29) is 0 Å². The number of rotatable bonds is 5. The van der Waals surface area contributed by atoms with Crippen molar-refractivity contribution in [1.29, 1.82) is 5.26 Å². The van der Waals surface area contributed by atoms with Crippen LogP contribution < -0.4 is 0 Å². The monoisotopic (exact) mass is 194 g/mol. The Kier molecular flexibility index (Phi) is 5.63. The lowest BCUT2D eigenvalue weighted by Gasteiger charge is -2.29. The van der Waals surface area contributed by atoms with Gasteiger partial charge < -0.3 is 4.90 Å². The highest BCUT2D eigenvalue weighted by Gasteiger charge is 2.18. The molecule has 0 aromatic carbocycles. The summed E-state index contributed by atoms with van der Waals surface area (Å²) in [5.74, 6) is 0.301. The van der Waals surface area contributed by atoms with Crippen LogP contribution in [0.3, 0.4) is 0 Å². The first kappa shape index (κ1) is 11.5. The third-order valence-corrected chi connectivity index (χ3v) is 3.02. The highest BCUT2D eigenvalue weighted by atomic mass is 15.1. The van der Waals surface area contributed by atoms with Crippen molar-refractivity contribution in [3.63, 3.8) is 0 Å². The van der Waals surface area contributed by atoms with Crippen LogP contribution in [0.25, 0.3) is 0 Å². The predicted octanol–water partition coefficient (Wildman–Crippen LogP) is 2.80. The molecule has 14 heavy (non-hydrogen) atoms. The summed E-state index contributed by atoms with van der Waals surface area (Å²) >= 11 is 0. The lowest BCUT2D eigenvalue weighted by Crippen LogP contribution is -2.35. The molecule has 0 amide bonds. The molecule has 1 unspecified atom stereocenters. The fourth-order valence-electron chi connectivity index (χ4n) is 2.13. The van der Waals surface area contributed by atoms with E-state index in [1.165, 1.54) is 45.2 Å². The third kappa shape index (κ3) is 4.11. The molecule has 0 saturated carbocycles. The Morgan fingerprint density at radius 1 is 1.36 bits per heavy atom. The second kappa shape index (κ2) is 6.84. The van der Waals surface area contributed by atoms with Crippen molar-refractivity contribution in [3.8, 4) is 6.07 Å². The SMILES string of the molecule is CCCCCCN1CCCC(C#N)C1. The minimum Gasteiger partial charge on any atom is -0.302 e. The molecule has 0 radical (unpaired) electrons. The number of piperidine rings is 1. The first-order chi connectivity index (χ1) is 6.86. The van der Waals surface area contributed by atoms with E-state index in [0.29, 0.717) is 5.92 Å². The van der Waals surface area contributed by atoms with Crippen molar-refractivity contribution in [1.82, 2.24) is 4.90 Å². The Labute approximate surface area is 87.9 Å². The van der Waals surface area contributed by atoms with Crippen LogP contribution in [0.5, 0.6) is 0 Å². The van der Waals surface area contributed by atoms with Crippen molar-refractivity contribution < 1.29 is 0 Å². The summed E-state index contributed by atoms with van der Waals surface area (Å²) in [4.78, 5) is 2.47. The van der Waals surface area contributed by atoms with E-state index in [1.807, 2.05) is 0 Å². The number of hydrogen-bond donors (Lipinski definition) is 0. The molecule has 1 rings (SSSR count). The quantitative estimate of drug-likeness (QED) is 0.629. The molecule has 2 heteroatoms. The van der Waals surface area contributed by atoms with Gasteiger partial charge in [0.1, 0.15) is 0 Å². The molecular formula is C12H22N2. The maximum absolute atomic E-state index is 8.84. The van der Waals surface area contributed by atoms with E-state index in [2.05, 4.69) is 17.9 Å². The zero-order chi connectivity index (χ0) is 10.2. The van der Waals surface area contributed by atoms with Crippen LogP contribution >= 0.6 is 0 Å². The fourth-order valence-corrected chi connectivity index (χ4v) is 2.13. The van der Waals surface area contributed by atoms with Crippen LogP contribution in [0.2, 0.25) is 0 Å². The number of unbranched alkanes of at least 4 members (excludes halogenated alkanes) is 3. The lowest BCUT2D eigenvalue weighted by atomic mass is 9.99. The molecule has 1 atom stereocenters. The molecule has 0 spiro atoms. The number of hydrogen-bond acceptors (Lipinski definition) is 2. The summed E-state index contributed by atoms with van der Waals surface area (Å²) in [6, 6.07) is 2.39. The Morgan fingerprint density at radius 3 is 2.93 bits per heavy atom. The highest BCUT2D eigenvalue weighted by molar-refractivity contribution is 4.88. The molecule has 1 aliphatic rings. The van der Waals surface area contributed by atoms with Crippen LogP contribution in [0.15, 0.2) is 0 Å². The van der Waals surface area contributed by atoms with E-state index in [9.17, 15) is 0 Å². The molecule has 80 valence electrons.